The summed E-state index contributed by atoms with van der Waals surface area (Å²) in [7, 11) is 3.53. The van der Waals surface area contributed by atoms with Crippen LogP contribution in [0, 0.1) is 0 Å². The maximum absolute atomic E-state index is 12.0. The molecule has 2 N–H and O–H groups in total. The molecule has 2 aliphatic heterocycles. The first-order valence-electron chi connectivity index (χ1n) is 11.2. The van der Waals surface area contributed by atoms with Gasteiger partial charge in [-0.15, -0.1) is 24.0 Å². The number of morpholine rings is 1. The molecule has 0 unspecified atom stereocenters. The second-order valence-electron chi connectivity index (χ2n) is 8.90. The summed E-state index contributed by atoms with van der Waals surface area (Å²) in [6.45, 7) is 13.4. The summed E-state index contributed by atoms with van der Waals surface area (Å²) in [5.41, 5.74) is 0.0578. The normalized spacial score (nSPS) is 19.1. The highest BCUT2D eigenvalue weighted by molar-refractivity contribution is 14.0. The number of nitrogens with zero attached hydrogens (tertiary/aromatic N) is 4. The van der Waals surface area contributed by atoms with Gasteiger partial charge >= 0.3 is 0 Å². The number of nitrogens with one attached hydrogen (secondary N) is 2. The number of halogens is 1. The van der Waals surface area contributed by atoms with Crippen LogP contribution in [-0.2, 0) is 9.53 Å². The molecular formula is C21H43IN6O2. The van der Waals surface area contributed by atoms with Gasteiger partial charge in [-0.1, -0.05) is 6.42 Å². The maximum atomic E-state index is 12.0. The molecule has 0 aliphatic carbocycles. The zero-order valence-corrected chi connectivity index (χ0v) is 21.7. The van der Waals surface area contributed by atoms with Crippen molar-refractivity contribution in [1.82, 2.24) is 25.3 Å². The van der Waals surface area contributed by atoms with Gasteiger partial charge in [-0.05, 0) is 52.7 Å². The lowest BCUT2D eigenvalue weighted by Gasteiger charge is -2.41. The lowest BCUT2D eigenvalue weighted by Crippen LogP contribution is -2.55. The molecule has 0 aromatic heterocycles. The van der Waals surface area contributed by atoms with Crippen LogP contribution in [0.25, 0.3) is 0 Å². The molecule has 176 valence electrons. The third kappa shape index (κ3) is 10.1. The summed E-state index contributed by atoms with van der Waals surface area (Å²) >= 11 is 0. The number of amides is 1. The molecule has 8 nitrogen and oxygen atoms in total. The van der Waals surface area contributed by atoms with Gasteiger partial charge in [-0.25, -0.2) is 4.99 Å². The van der Waals surface area contributed by atoms with Gasteiger partial charge in [0.2, 0.25) is 5.91 Å². The van der Waals surface area contributed by atoms with E-state index in [4.69, 9.17) is 4.74 Å². The van der Waals surface area contributed by atoms with Crippen LogP contribution < -0.4 is 10.6 Å². The molecule has 2 aliphatic rings. The van der Waals surface area contributed by atoms with E-state index in [1.54, 1.807) is 19.0 Å². The van der Waals surface area contributed by atoms with Crippen LogP contribution in [-0.4, -0.2) is 112 Å². The van der Waals surface area contributed by atoms with E-state index < -0.39 is 0 Å². The van der Waals surface area contributed by atoms with Gasteiger partial charge in [0.25, 0.3) is 0 Å². The summed E-state index contributed by atoms with van der Waals surface area (Å²) in [6, 6.07) is 0. The zero-order valence-electron chi connectivity index (χ0n) is 19.4. The molecule has 2 rings (SSSR count). The highest BCUT2D eigenvalue weighted by atomic mass is 127. The minimum absolute atomic E-state index is 0. The fourth-order valence-corrected chi connectivity index (χ4v) is 3.71. The molecular weight excluding hydrogens is 495 g/mol. The Kier molecular flexibility index (Phi) is 13.2. The van der Waals surface area contributed by atoms with Gasteiger partial charge in [0.1, 0.15) is 6.54 Å². The average molecular weight is 539 g/mol. The molecule has 2 saturated heterocycles. The molecule has 1 amide bonds. The van der Waals surface area contributed by atoms with E-state index in [9.17, 15) is 4.79 Å². The van der Waals surface area contributed by atoms with Gasteiger partial charge in [-0.3, -0.25) is 14.6 Å². The van der Waals surface area contributed by atoms with Crippen LogP contribution in [0.1, 0.15) is 39.5 Å². The van der Waals surface area contributed by atoms with Crippen LogP contribution in [0.2, 0.25) is 0 Å². The summed E-state index contributed by atoms with van der Waals surface area (Å²) in [5.74, 6) is 0.738. The predicted octanol–water partition coefficient (Wildman–Crippen LogP) is 1.21. The smallest absolute Gasteiger partial charge is 0.243 e. The van der Waals surface area contributed by atoms with Gasteiger partial charge < -0.3 is 20.3 Å². The Morgan fingerprint density at radius 2 is 1.73 bits per heavy atom. The topological polar surface area (TPSA) is 72.4 Å². The number of aliphatic imine (C=N–C) groups is 1. The second-order valence-corrected chi connectivity index (χ2v) is 8.90. The van der Waals surface area contributed by atoms with E-state index in [-0.39, 0.29) is 42.0 Å². The summed E-state index contributed by atoms with van der Waals surface area (Å²) in [4.78, 5) is 23.1. The highest BCUT2D eigenvalue weighted by Gasteiger charge is 2.28. The SMILES string of the molecule is CN(C)C(=O)CN=C(NCCCN1CCOCC1)NCC(C)(C)N1CCCCC1.I. The van der Waals surface area contributed by atoms with Crippen molar-refractivity contribution in [2.24, 2.45) is 4.99 Å². The standard InChI is InChI=1S/C21H42N6O2.HI/c1-21(2,27-11-6-5-7-12-27)18-24-20(23-17-19(28)25(3)4)22-9-8-10-26-13-15-29-16-14-26;/h5-18H2,1-4H3,(H2,22,23,24);1H. The average Bonchev–Trinajstić information content (AvgIpc) is 2.73. The van der Waals surface area contributed by atoms with Crippen molar-refractivity contribution < 1.29 is 9.53 Å². The van der Waals surface area contributed by atoms with E-state index in [1.807, 2.05) is 0 Å². The Bertz CT molecular complexity index is 518. The number of piperidine rings is 1. The molecule has 0 saturated carbocycles. The van der Waals surface area contributed by atoms with Crippen molar-refractivity contribution in [2.45, 2.75) is 45.1 Å². The highest BCUT2D eigenvalue weighted by Crippen LogP contribution is 2.19. The van der Waals surface area contributed by atoms with Crippen molar-refractivity contribution in [3.05, 3.63) is 0 Å². The van der Waals surface area contributed by atoms with Crippen molar-refractivity contribution in [3.8, 4) is 0 Å². The number of carbonyl (C=O) groups is 1. The van der Waals surface area contributed by atoms with Crippen LogP contribution >= 0.6 is 24.0 Å². The monoisotopic (exact) mass is 538 g/mol. The van der Waals surface area contributed by atoms with Crippen molar-refractivity contribution >= 4 is 35.8 Å². The van der Waals surface area contributed by atoms with Gasteiger partial charge in [0.05, 0.1) is 13.2 Å². The van der Waals surface area contributed by atoms with E-state index in [0.717, 1.165) is 71.4 Å². The lowest BCUT2D eigenvalue weighted by atomic mass is 9.98. The Morgan fingerprint density at radius 1 is 1.07 bits per heavy atom. The Hall–Kier alpha value is -0.650. The molecule has 0 aromatic carbocycles. The number of likely N-dealkylation sites (tertiary alicyclic amines) is 1. The van der Waals surface area contributed by atoms with Crippen molar-refractivity contribution in [1.29, 1.82) is 0 Å². The Balaban J connectivity index is 0.00000450. The molecule has 0 atom stereocenters. The molecule has 0 bridgehead atoms. The predicted molar refractivity (Wildman–Crippen MR) is 134 cm³/mol. The fourth-order valence-electron chi connectivity index (χ4n) is 3.71. The minimum atomic E-state index is 0. The summed E-state index contributed by atoms with van der Waals surface area (Å²) in [6.07, 6.45) is 4.94. The minimum Gasteiger partial charge on any atom is -0.379 e. The molecule has 2 fully saturated rings. The largest absolute Gasteiger partial charge is 0.379 e. The first-order valence-corrected chi connectivity index (χ1v) is 11.2. The maximum Gasteiger partial charge on any atom is 0.243 e. The van der Waals surface area contributed by atoms with Crippen molar-refractivity contribution in [2.75, 3.05) is 79.7 Å². The van der Waals surface area contributed by atoms with E-state index in [0.29, 0.717) is 0 Å². The van der Waals surface area contributed by atoms with Crippen molar-refractivity contribution in [3.63, 3.8) is 0 Å². The molecule has 2 heterocycles. The molecule has 0 spiro atoms. The number of likely N-dealkylation sites (N-methyl/N-ethyl adjacent to an activating group) is 1. The summed E-state index contributed by atoms with van der Waals surface area (Å²) < 4.78 is 5.41. The first-order chi connectivity index (χ1) is 13.9. The number of guanidine groups is 1. The van der Waals surface area contributed by atoms with Gasteiger partial charge in [0, 0.05) is 45.8 Å². The number of rotatable bonds is 9. The number of hydrogen-bond acceptors (Lipinski definition) is 5. The van der Waals surface area contributed by atoms with Crippen LogP contribution in [0.15, 0.2) is 4.99 Å². The fraction of sp³-hybridized carbons (Fsp3) is 0.905. The first kappa shape index (κ1) is 27.4. The molecule has 30 heavy (non-hydrogen) atoms. The number of hydrogen-bond donors (Lipinski definition) is 2. The van der Waals surface area contributed by atoms with Crippen LogP contribution in [0.4, 0.5) is 0 Å². The van der Waals surface area contributed by atoms with E-state index >= 15 is 0 Å². The van der Waals surface area contributed by atoms with Crippen LogP contribution in [0.5, 0.6) is 0 Å². The second kappa shape index (κ2) is 14.4. The molecule has 9 heteroatoms. The quantitative estimate of drug-likeness (QED) is 0.199. The van der Waals surface area contributed by atoms with E-state index in [2.05, 4.69) is 39.3 Å². The Labute approximate surface area is 200 Å². The molecule has 0 radical (unpaired) electrons. The third-order valence-corrected chi connectivity index (χ3v) is 5.82. The lowest BCUT2D eigenvalue weighted by molar-refractivity contribution is -0.127. The number of carbonyl (C=O) groups excluding carboxylic acids is 1. The third-order valence-electron chi connectivity index (χ3n) is 5.82. The zero-order chi connectivity index (χ0) is 21.1. The Morgan fingerprint density at radius 3 is 2.37 bits per heavy atom. The summed E-state index contributed by atoms with van der Waals surface area (Å²) in [5, 5.41) is 6.90. The van der Waals surface area contributed by atoms with E-state index in [1.165, 1.54) is 19.3 Å². The van der Waals surface area contributed by atoms with Gasteiger partial charge in [0.15, 0.2) is 5.96 Å². The molecule has 0 aromatic rings. The van der Waals surface area contributed by atoms with Crippen LogP contribution in [0.3, 0.4) is 0 Å². The van der Waals surface area contributed by atoms with Gasteiger partial charge in [-0.2, -0.15) is 0 Å². The number of ether oxygens (including phenoxy) is 1.